The van der Waals surface area contributed by atoms with E-state index in [0.717, 1.165) is 36.4 Å². The molecule has 20 heteroatoms. The number of esters is 1. The molecule has 12 N–H and O–H groups in total. The van der Waals surface area contributed by atoms with Crippen LogP contribution >= 0.6 is 0 Å². The molecule has 2 aliphatic heterocycles. The average Bonchev–Trinajstić information content (AvgIpc) is 3.12. The predicted molar refractivity (Wildman–Crippen MR) is 175 cm³/mol. The van der Waals surface area contributed by atoms with E-state index >= 15 is 0 Å². The number of hydrogen-bond acceptors (Lipinski definition) is 20. The van der Waals surface area contributed by atoms with Gasteiger partial charge in [-0.2, -0.15) is 0 Å². The van der Waals surface area contributed by atoms with Crippen LogP contribution < -0.4 is 10.2 Å². The molecule has 0 radical (unpaired) electrons. The average molecular weight is 763 g/mol. The van der Waals surface area contributed by atoms with E-state index in [1.807, 2.05) is 0 Å². The normalized spacial score (nSPS) is 28.5. The Hall–Kier alpha value is -5.58. The summed E-state index contributed by atoms with van der Waals surface area (Å²) < 4.78 is 33.7. The minimum Gasteiger partial charge on any atom is -0.508 e. The van der Waals surface area contributed by atoms with Crippen molar-refractivity contribution < 1.29 is 94.2 Å². The summed E-state index contributed by atoms with van der Waals surface area (Å²) in [6, 6.07) is 6.56. The fraction of sp³-hybridized carbons (Fsp3) is 0.353. The number of aliphatic hydroxyl groups is 5. The summed E-state index contributed by atoms with van der Waals surface area (Å²) in [6.07, 6.45) is -17.8. The summed E-state index contributed by atoms with van der Waals surface area (Å²) in [7, 11) is 0. The Labute approximate surface area is 301 Å². The fourth-order valence-corrected chi connectivity index (χ4v) is 5.86. The number of carbonyl (C=O) groups is 1. The van der Waals surface area contributed by atoms with Crippen molar-refractivity contribution >= 4 is 16.9 Å². The first-order valence-electron chi connectivity index (χ1n) is 16.0. The summed E-state index contributed by atoms with van der Waals surface area (Å²) in [5.74, 6) is -7.60. The molecule has 1 aromatic heterocycles. The number of rotatable bonds is 8. The maximum atomic E-state index is 13.8. The molecule has 20 nitrogen and oxygen atoms in total. The zero-order chi connectivity index (χ0) is 39.3. The van der Waals surface area contributed by atoms with Gasteiger partial charge in [0.1, 0.15) is 59.1 Å². The van der Waals surface area contributed by atoms with Gasteiger partial charge in [0.15, 0.2) is 46.9 Å². The smallest absolute Gasteiger partial charge is 0.338 e. The van der Waals surface area contributed by atoms with Crippen LogP contribution in [0.3, 0.4) is 0 Å². The Morgan fingerprint density at radius 1 is 0.722 bits per heavy atom. The molecule has 2 fully saturated rings. The minimum atomic E-state index is -2.07. The first-order valence-corrected chi connectivity index (χ1v) is 16.0. The largest absolute Gasteiger partial charge is 0.508 e. The number of hydrogen-bond donors (Lipinski definition) is 12. The predicted octanol–water partition coefficient (Wildman–Crippen LogP) is -0.706. The SMILES string of the molecule is CC1OC(OCC2OC(Oc3c(-c4ccc(O)c(O)c4)oc4cc(O)cc(O)c4c3=O)C(O)C(O)C2O)C(OC(=O)c2cc(O)c(O)c(O)c2)C(O)C1O. The topological polar surface area (TPSA) is 336 Å². The summed E-state index contributed by atoms with van der Waals surface area (Å²) in [6.45, 7) is 0.568. The zero-order valence-corrected chi connectivity index (χ0v) is 27.7. The van der Waals surface area contributed by atoms with Gasteiger partial charge in [0.2, 0.25) is 17.5 Å². The molecule has 3 heterocycles. The van der Waals surface area contributed by atoms with E-state index in [-0.39, 0.29) is 11.1 Å². The second kappa shape index (κ2) is 14.7. The lowest BCUT2D eigenvalue weighted by atomic mass is 9.98. The fourth-order valence-electron chi connectivity index (χ4n) is 5.86. The maximum absolute atomic E-state index is 13.8. The van der Waals surface area contributed by atoms with E-state index in [1.54, 1.807) is 0 Å². The molecule has 10 atom stereocenters. The summed E-state index contributed by atoms with van der Waals surface area (Å²) >= 11 is 0. The highest BCUT2D eigenvalue weighted by atomic mass is 16.7. The number of benzene rings is 3. The maximum Gasteiger partial charge on any atom is 0.338 e. The van der Waals surface area contributed by atoms with Crippen LogP contribution in [0.4, 0.5) is 0 Å². The van der Waals surface area contributed by atoms with E-state index in [1.165, 1.54) is 13.0 Å². The van der Waals surface area contributed by atoms with E-state index < -0.39 is 142 Å². The third-order valence-corrected chi connectivity index (χ3v) is 8.82. The number of ether oxygens (including phenoxy) is 5. The second-order valence-corrected chi connectivity index (χ2v) is 12.5. The molecule has 0 amide bonds. The highest BCUT2D eigenvalue weighted by Gasteiger charge is 2.49. The lowest BCUT2D eigenvalue weighted by Crippen LogP contribution is -2.62. The molecule has 0 aliphatic carbocycles. The van der Waals surface area contributed by atoms with Crippen LogP contribution in [-0.4, -0.2) is 135 Å². The van der Waals surface area contributed by atoms with E-state index in [4.69, 9.17) is 28.1 Å². The van der Waals surface area contributed by atoms with Gasteiger partial charge in [-0.25, -0.2) is 4.79 Å². The molecular formula is C34H34O20. The molecule has 10 unspecified atom stereocenters. The Kier molecular flexibility index (Phi) is 10.4. The van der Waals surface area contributed by atoms with E-state index in [2.05, 4.69) is 0 Å². The molecule has 2 aliphatic rings. The second-order valence-electron chi connectivity index (χ2n) is 12.5. The Morgan fingerprint density at radius 3 is 2.07 bits per heavy atom. The quantitative estimate of drug-likeness (QED) is 0.0779. The third kappa shape index (κ3) is 7.07. The number of phenols is 7. The van der Waals surface area contributed by atoms with Gasteiger partial charge in [-0.3, -0.25) is 4.79 Å². The number of aliphatic hydroxyl groups excluding tert-OH is 5. The molecule has 0 saturated carbocycles. The molecule has 4 aromatic rings. The van der Waals surface area contributed by atoms with Crippen LogP contribution in [0.2, 0.25) is 0 Å². The molecule has 3 aromatic carbocycles. The molecule has 0 spiro atoms. The van der Waals surface area contributed by atoms with Gasteiger partial charge in [0.25, 0.3) is 0 Å². The summed E-state index contributed by atoms with van der Waals surface area (Å²) in [4.78, 5) is 26.7. The highest BCUT2D eigenvalue weighted by molar-refractivity contribution is 5.91. The Bertz CT molecular complexity index is 2090. The van der Waals surface area contributed by atoms with Crippen molar-refractivity contribution in [2.75, 3.05) is 6.61 Å². The van der Waals surface area contributed by atoms with Crippen molar-refractivity contribution in [1.29, 1.82) is 0 Å². The zero-order valence-electron chi connectivity index (χ0n) is 27.7. The van der Waals surface area contributed by atoms with Gasteiger partial charge in [0.05, 0.1) is 18.3 Å². The van der Waals surface area contributed by atoms with Crippen LogP contribution in [-0.2, 0) is 18.9 Å². The van der Waals surface area contributed by atoms with Crippen molar-refractivity contribution in [2.45, 2.75) is 68.3 Å². The van der Waals surface area contributed by atoms with Gasteiger partial charge in [-0.05, 0) is 37.3 Å². The van der Waals surface area contributed by atoms with Crippen LogP contribution in [0.1, 0.15) is 17.3 Å². The van der Waals surface area contributed by atoms with Gasteiger partial charge in [0, 0.05) is 17.7 Å². The van der Waals surface area contributed by atoms with Crippen LogP contribution in [0, 0.1) is 0 Å². The molecule has 54 heavy (non-hydrogen) atoms. The van der Waals surface area contributed by atoms with Crippen molar-refractivity contribution in [2.24, 2.45) is 0 Å². The van der Waals surface area contributed by atoms with Crippen LogP contribution in [0.5, 0.6) is 46.0 Å². The van der Waals surface area contributed by atoms with Gasteiger partial charge in [-0.15, -0.1) is 0 Å². The van der Waals surface area contributed by atoms with Crippen LogP contribution in [0.15, 0.2) is 51.7 Å². The van der Waals surface area contributed by atoms with Crippen molar-refractivity contribution in [3.8, 4) is 57.3 Å². The molecule has 0 bridgehead atoms. The minimum absolute atomic E-state index is 0.0875. The Balaban J connectivity index is 1.28. The highest BCUT2D eigenvalue weighted by Crippen LogP contribution is 2.40. The first kappa shape index (κ1) is 38.2. The lowest BCUT2D eigenvalue weighted by Gasteiger charge is -2.43. The van der Waals surface area contributed by atoms with E-state index in [9.17, 15) is 70.9 Å². The Morgan fingerprint density at radius 2 is 1.41 bits per heavy atom. The van der Waals surface area contributed by atoms with Gasteiger partial charge >= 0.3 is 5.97 Å². The first-order chi connectivity index (χ1) is 25.5. The van der Waals surface area contributed by atoms with Crippen molar-refractivity contribution in [1.82, 2.24) is 0 Å². The van der Waals surface area contributed by atoms with Crippen molar-refractivity contribution in [3.63, 3.8) is 0 Å². The molecule has 290 valence electrons. The summed E-state index contributed by atoms with van der Waals surface area (Å²) in [5.41, 5.74) is -2.01. The van der Waals surface area contributed by atoms with Crippen LogP contribution in [0.25, 0.3) is 22.3 Å². The lowest BCUT2D eigenvalue weighted by molar-refractivity contribution is -0.318. The third-order valence-electron chi connectivity index (χ3n) is 8.82. The molecular weight excluding hydrogens is 728 g/mol. The van der Waals surface area contributed by atoms with Gasteiger partial charge in [-0.1, -0.05) is 0 Å². The van der Waals surface area contributed by atoms with Crippen molar-refractivity contribution in [3.05, 3.63) is 58.3 Å². The monoisotopic (exact) mass is 762 g/mol. The number of carbonyl (C=O) groups excluding carboxylic acids is 1. The van der Waals surface area contributed by atoms with Gasteiger partial charge < -0.3 is 89.4 Å². The van der Waals surface area contributed by atoms with E-state index in [0.29, 0.717) is 0 Å². The number of phenolic OH excluding ortho intramolecular Hbond substituents is 7. The standard InChI is InChI=1S/C34H34O20/c1-10-22(41)27(46)31(53-32(48)12-5-17(39)23(42)18(40)6-12)34(50-10)49-9-20-24(43)26(45)28(47)33(52-20)54-30-25(44)21-16(38)7-13(35)8-19(21)51-29(30)11-2-3-14(36)15(37)4-11/h2-8,10,20,22,24,26-28,31,33-43,45-47H,9H2,1H3. The molecule has 2 saturated heterocycles. The molecule has 6 rings (SSSR count). The summed E-state index contributed by atoms with van der Waals surface area (Å²) in [5, 5.41) is 123. The number of fused-ring (bicyclic) bond motifs is 1. The number of aromatic hydroxyl groups is 7.